The predicted molar refractivity (Wildman–Crippen MR) is 66.4 cm³/mol. The molecule has 0 aliphatic carbocycles. The molecule has 1 aromatic carbocycles. The van der Waals surface area contributed by atoms with E-state index < -0.39 is 0 Å². The number of aromatic hydroxyl groups is 1. The first-order valence-electron chi connectivity index (χ1n) is 5.55. The summed E-state index contributed by atoms with van der Waals surface area (Å²) in [6.07, 6.45) is 0.366. The maximum Gasteiger partial charge on any atom is 0.225 e. The van der Waals surface area contributed by atoms with Crippen molar-refractivity contribution in [1.82, 2.24) is 5.32 Å². The zero-order chi connectivity index (χ0) is 12.7. The number of hydrogen-bond donors (Lipinski definition) is 3. The Morgan fingerprint density at radius 2 is 2.24 bits per heavy atom. The number of phenols is 1. The molecule has 0 spiro atoms. The molecular weight excluding hydrogens is 220 g/mol. The fraction of sp³-hybridized carbons (Fsp3) is 0.417. The minimum Gasteiger partial charge on any atom is -0.506 e. The molecule has 94 valence electrons. The maximum absolute atomic E-state index is 11.5. The van der Waals surface area contributed by atoms with Gasteiger partial charge in [0.05, 0.1) is 12.8 Å². The van der Waals surface area contributed by atoms with Crippen molar-refractivity contribution in [2.45, 2.75) is 13.3 Å². The van der Waals surface area contributed by atoms with Gasteiger partial charge in [0.15, 0.2) is 0 Å². The fourth-order valence-electron chi connectivity index (χ4n) is 1.33. The van der Waals surface area contributed by atoms with E-state index in [9.17, 15) is 9.90 Å². The molecule has 0 fully saturated rings. The van der Waals surface area contributed by atoms with Crippen LogP contribution in [-0.2, 0) is 4.79 Å². The topological polar surface area (TPSA) is 70.6 Å². The molecule has 0 unspecified atom stereocenters. The van der Waals surface area contributed by atoms with Crippen LogP contribution in [0, 0.1) is 0 Å². The normalized spacial score (nSPS) is 10.0. The van der Waals surface area contributed by atoms with E-state index in [0.29, 0.717) is 24.4 Å². The predicted octanol–water partition coefficient (Wildman–Crippen LogP) is 1.34. The lowest BCUT2D eigenvalue weighted by atomic mass is 10.2. The summed E-state index contributed by atoms with van der Waals surface area (Å²) in [6.45, 7) is 3.43. The second-order valence-corrected chi connectivity index (χ2v) is 3.53. The van der Waals surface area contributed by atoms with E-state index in [-0.39, 0.29) is 11.7 Å². The Kier molecular flexibility index (Phi) is 5.29. The highest BCUT2D eigenvalue weighted by atomic mass is 16.5. The van der Waals surface area contributed by atoms with Gasteiger partial charge in [-0.1, -0.05) is 6.92 Å². The lowest BCUT2D eigenvalue weighted by Crippen LogP contribution is -2.21. The Bertz CT molecular complexity index is 380. The van der Waals surface area contributed by atoms with Crippen molar-refractivity contribution < 1.29 is 14.6 Å². The lowest BCUT2D eigenvalue weighted by Gasteiger charge is -2.09. The molecule has 0 aliphatic heterocycles. The summed E-state index contributed by atoms with van der Waals surface area (Å²) < 4.78 is 5.02. The zero-order valence-corrected chi connectivity index (χ0v) is 10.1. The van der Waals surface area contributed by atoms with Gasteiger partial charge in [0, 0.05) is 19.0 Å². The first-order valence-corrected chi connectivity index (χ1v) is 5.55. The van der Waals surface area contributed by atoms with Crippen molar-refractivity contribution in [2.75, 3.05) is 25.5 Å². The number of rotatable bonds is 6. The molecule has 1 amide bonds. The van der Waals surface area contributed by atoms with Crippen molar-refractivity contribution in [3.63, 3.8) is 0 Å². The van der Waals surface area contributed by atoms with Crippen LogP contribution >= 0.6 is 0 Å². The number of hydrogen-bond acceptors (Lipinski definition) is 4. The van der Waals surface area contributed by atoms with E-state index >= 15 is 0 Å². The third-order valence-electron chi connectivity index (χ3n) is 2.26. The molecule has 0 aromatic heterocycles. The maximum atomic E-state index is 11.5. The third-order valence-corrected chi connectivity index (χ3v) is 2.26. The molecule has 1 rings (SSSR count). The van der Waals surface area contributed by atoms with Crippen molar-refractivity contribution >= 4 is 11.6 Å². The van der Waals surface area contributed by atoms with Crippen LogP contribution in [-0.4, -0.2) is 31.2 Å². The molecule has 0 atom stereocenters. The number of anilines is 1. The number of benzene rings is 1. The average Bonchev–Trinajstić information content (AvgIpc) is 2.32. The Hall–Kier alpha value is -1.75. The monoisotopic (exact) mass is 238 g/mol. The first-order chi connectivity index (χ1) is 8.17. The summed E-state index contributed by atoms with van der Waals surface area (Å²) in [7, 11) is 1.53. The molecule has 5 heteroatoms. The first kappa shape index (κ1) is 13.3. The fourth-order valence-corrected chi connectivity index (χ4v) is 1.33. The zero-order valence-electron chi connectivity index (χ0n) is 10.1. The molecule has 3 N–H and O–H groups in total. The lowest BCUT2D eigenvalue weighted by molar-refractivity contribution is -0.116. The van der Waals surface area contributed by atoms with Crippen LogP contribution in [0.15, 0.2) is 18.2 Å². The molecule has 0 saturated carbocycles. The Morgan fingerprint density at radius 1 is 1.47 bits per heavy atom. The highest BCUT2D eigenvalue weighted by molar-refractivity contribution is 5.92. The summed E-state index contributed by atoms with van der Waals surface area (Å²) in [5.74, 6) is 0.474. The minimum absolute atomic E-state index is 0.0302. The molecule has 1 aromatic rings. The molecule has 0 saturated heterocycles. The van der Waals surface area contributed by atoms with Gasteiger partial charge >= 0.3 is 0 Å². The van der Waals surface area contributed by atoms with Crippen LogP contribution < -0.4 is 15.4 Å². The summed E-state index contributed by atoms with van der Waals surface area (Å²) in [5, 5.41) is 15.3. The molecule has 17 heavy (non-hydrogen) atoms. The third kappa shape index (κ3) is 4.32. The van der Waals surface area contributed by atoms with Gasteiger partial charge in [0.1, 0.15) is 11.5 Å². The van der Waals surface area contributed by atoms with Crippen LogP contribution in [0.4, 0.5) is 5.69 Å². The number of phenolic OH excluding ortho intramolecular Hbond substituents is 1. The van der Waals surface area contributed by atoms with Crippen LogP contribution in [0.1, 0.15) is 13.3 Å². The standard InChI is InChI=1S/C12H18N2O3/c1-3-13-7-6-12(16)14-10-8-9(17-2)4-5-11(10)15/h4-5,8,13,15H,3,6-7H2,1-2H3,(H,14,16). The highest BCUT2D eigenvalue weighted by Gasteiger charge is 2.07. The highest BCUT2D eigenvalue weighted by Crippen LogP contribution is 2.27. The van der Waals surface area contributed by atoms with Crippen LogP contribution in [0.5, 0.6) is 11.5 Å². The molecular formula is C12H18N2O3. The van der Waals surface area contributed by atoms with Crippen LogP contribution in [0.2, 0.25) is 0 Å². The molecule has 5 nitrogen and oxygen atoms in total. The minimum atomic E-state index is -0.144. The second kappa shape index (κ2) is 6.75. The van der Waals surface area contributed by atoms with Crippen molar-refractivity contribution in [1.29, 1.82) is 0 Å². The number of amides is 1. The van der Waals surface area contributed by atoms with E-state index in [4.69, 9.17) is 4.74 Å². The summed E-state index contributed by atoms with van der Waals surface area (Å²) in [6, 6.07) is 4.70. The van der Waals surface area contributed by atoms with Gasteiger partial charge in [-0.05, 0) is 18.7 Å². The van der Waals surface area contributed by atoms with Crippen LogP contribution in [0.3, 0.4) is 0 Å². The van der Waals surface area contributed by atoms with Crippen molar-refractivity contribution in [3.05, 3.63) is 18.2 Å². The van der Waals surface area contributed by atoms with Crippen LogP contribution in [0.25, 0.3) is 0 Å². The number of methoxy groups -OCH3 is 1. The van der Waals surface area contributed by atoms with E-state index in [0.717, 1.165) is 6.54 Å². The number of carbonyl (C=O) groups excluding carboxylic acids is 1. The molecule has 0 aliphatic rings. The van der Waals surface area contributed by atoms with E-state index in [1.54, 1.807) is 12.1 Å². The van der Waals surface area contributed by atoms with Crippen molar-refractivity contribution in [2.24, 2.45) is 0 Å². The summed E-state index contributed by atoms with van der Waals surface area (Å²) in [4.78, 5) is 11.5. The van der Waals surface area contributed by atoms with Gasteiger partial charge in [-0.15, -0.1) is 0 Å². The largest absolute Gasteiger partial charge is 0.506 e. The SMILES string of the molecule is CCNCCC(=O)Nc1cc(OC)ccc1O. The second-order valence-electron chi connectivity index (χ2n) is 3.53. The van der Waals surface area contributed by atoms with E-state index in [1.807, 2.05) is 6.92 Å². The quantitative estimate of drug-likeness (QED) is 0.516. The Morgan fingerprint density at radius 3 is 2.88 bits per heavy atom. The van der Waals surface area contributed by atoms with E-state index in [1.165, 1.54) is 13.2 Å². The molecule has 0 heterocycles. The smallest absolute Gasteiger partial charge is 0.225 e. The Balaban J connectivity index is 2.57. The van der Waals surface area contributed by atoms with Gasteiger partial charge in [0.25, 0.3) is 0 Å². The van der Waals surface area contributed by atoms with Gasteiger partial charge in [-0.2, -0.15) is 0 Å². The van der Waals surface area contributed by atoms with Gasteiger partial charge in [0.2, 0.25) is 5.91 Å². The number of nitrogens with one attached hydrogen (secondary N) is 2. The average molecular weight is 238 g/mol. The summed E-state index contributed by atoms with van der Waals surface area (Å²) in [5.41, 5.74) is 0.367. The van der Waals surface area contributed by atoms with Crippen molar-refractivity contribution in [3.8, 4) is 11.5 Å². The van der Waals surface area contributed by atoms with Gasteiger partial charge < -0.3 is 20.5 Å². The Labute approximate surface area is 101 Å². The van der Waals surface area contributed by atoms with Gasteiger partial charge in [-0.3, -0.25) is 4.79 Å². The molecule has 0 bridgehead atoms. The summed E-state index contributed by atoms with van der Waals surface area (Å²) >= 11 is 0. The molecule has 0 radical (unpaired) electrons. The van der Waals surface area contributed by atoms with Gasteiger partial charge in [-0.25, -0.2) is 0 Å². The number of carbonyl (C=O) groups is 1. The number of ether oxygens (including phenoxy) is 1. The van der Waals surface area contributed by atoms with E-state index in [2.05, 4.69) is 10.6 Å².